The molecule has 0 saturated carbocycles. The van der Waals surface area contributed by atoms with Crippen LogP contribution < -0.4 is 10.6 Å². The number of nitrogens with zero attached hydrogens (tertiary/aromatic N) is 1. The molecular weight excluding hydrogens is 245 g/mol. The second-order valence-electron chi connectivity index (χ2n) is 5.00. The SMILES string of the molecule is CC(C)(C)NC(=O)/C(C#N)=C\Nc1ccccc1F. The Hall–Kier alpha value is -2.35. The summed E-state index contributed by atoms with van der Waals surface area (Å²) >= 11 is 0. The van der Waals surface area contributed by atoms with Crippen molar-refractivity contribution in [2.45, 2.75) is 26.3 Å². The average Bonchev–Trinajstić information content (AvgIpc) is 2.29. The van der Waals surface area contributed by atoms with Gasteiger partial charge in [0.05, 0.1) is 5.69 Å². The maximum absolute atomic E-state index is 13.3. The molecule has 0 bridgehead atoms. The summed E-state index contributed by atoms with van der Waals surface area (Å²) in [4.78, 5) is 11.8. The van der Waals surface area contributed by atoms with Crippen molar-refractivity contribution in [3.8, 4) is 6.07 Å². The first kappa shape index (κ1) is 14.7. The Balaban J connectivity index is 2.82. The Bertz CT molecular complexity index is 538. The maximum atomic E-state index is 13.3. The van der Waals surface area contributed by atoms with Crippen molar-refractivity contribution in [3.05, 3.63) is 41.9 Å². The van der Waals surface area contributed by atoms with Gasteiger partial charge in [0.25, 0.3) is 5.91 Å². The molecule has 0 spiro atoms. The molecular formula is C14H16FN3O. The molecule has 0 heterocycles. The van der Waals surface area contributed by atoms with Gasteiger partial charge >= 0.3 is 0 Å². The first-order chi connectivity index (χ1) is 8.83. The van der Waals surface area contributed by atoms with Crippen molar-refractivity contribution < 1.29 is 9.18 Å². The Kier molecular flexibility index (Phi) is 4.65. The van der Waals surface area contributed by atoms with E-state index in [9.17, 15) is 9.18 Å². The van der Waals surface area contributed by atoms with Crippen molar-refractivity contribution in [2.75, 3.05) is 5.32 Å². The zero-order chi connectivity index (χ0) is 14.5. The molecule has 1 aromatic carbocycles. The van der Waals surface area contributed by atoms with Gasteiger partial charge in [-0.3, -0.25) is 4.79 Å². The fraction of sp³-hybridized carbons (Fsp3) is 0.286. The summed E-state index contributed by atoms with van der Waals surface area (Å²) in [6, 6.07) is 7.79. The van der Waals surface area contributed by atoms with Crippen molar-refractivity contribution in [1.82, 2.24) is 5.32 Å². The Morgan fingerprint density at radius 1 is 1.37 bits per heavy atom. The quantitative estimate of drug-likeness (QED) is 0.649. The number of nitriles is 1. The summed E-state index contributed by atoms with van der Waals surface area (Å²) in [6.45, 7) is 5.43. The molecule has 2 N–H and O–H groups in total. The first-order valence-electron chi connectivity index (χ1n) is 5.77. The van der Waals surface area contributed by atoms with E-state index in [2.05, 4.69) is 10.6 Å². The van der Waals surface area contributed by atoms with Gasteiger partial charge in [-0.1, -0.05) is 12.1 Å². The minimum atomic E-state index is -0.501. The maximum Gasteiger partial charge on any atom is 0.263 e. The highest BCUT2D eigenvalue weighted by Crippen LogP contribution is 2.13. The molecule has 0 aliphatic carbocycles. The van der Waals surface area contributed by atoms with E-state index >= 15 is 0 Å². The lowest BCUT2D eigenvalue weighted by molar-refractivity contribution is -0.118. The van der Waals surface area contributed by atoms with Gasteiger partial charge in [0.1, 0.15) is 17.5 Å². The van der Waals surface area contributed by atoms with Crippen molar-refractivity contribution >= 4 is 11.6 Å². The Labute approximate surface area is 111 Å². The number of nitrogens with one attached hydrogen (secondary N) is 2. The predicted octanol–water partition coefficient (Wildman–Crippen LogP) is 2.56. The summed E-state index contributed by atoms with van der Waals surface area (Å²) < 4.78 is 13.3. The number of halogens is 1. The van der Waals surface area contributed by atoms with E-state index in [1.54, 1.807) is 18.2 Å². The molecule has 0 unspecified atom stereocenters. The predicted molar refractivity (Wildman–Crippen MR) is 71.6 cm³/mol. The topological polar surface area (TPSA) is 64.9 Å². The first-order valence-corrected chi connectivity index (χ1v) is 5.77. The molecule has 1 aromatic rings. The standard InChI is InChI=1S/C14H16FN3O/c1-14(2,3)18-13(19)10(8-16)9-17-12-7-5-4-6-11(12)15/h4-7,9,17H,1-3H3,(H,18,19)/b10-9-. The van der Waals surface area contributed by atoms with Crippen LogP contribution in [0.25, 0.3) is 0 Å². The van der Waals surface area contributed by atoms with Crippen LogP contribution in [0.3, 0.4) is 0 Å². The number of carbonyl (C=O) groups is 1. The molecule has 5 heteroatoms. The number of hydrogen-bond acceptors (Lipinski definition) is 3. The smallest absolute Gasteiger partial charge is 0.263 e. The van der Waals surface area contributed by atoms with Crippen LogP contribution in [0.15, 0.2) is 36.0 Å². The van der Waals surface area contributed by atoms with Crippen LogP contribution in [0.5, 0.6) is 0 Å². The summed E-state index contributed by atoms with van der Waals surface area (Å²) in [5.74, 6) is -0.953. The molecule has 0 aliphatic rings. The van der Waals surface area contributed by atoms with Crippen LogP contribution >= 0.6 is 0 Å². The van der Waals surface area contributed by atoms with Gasteiger partial charge < -0.3 is 10.6 Å². The van der Waals surface area contributed by atoms with Gasteiger partial charge in [0.2, 0.25) is 0 Å². The number of hydrogen-bond donors (Lipinski definition) is 2. The third-order valence-corrected chi connectivity index (χ3v) is 2.10. The second-order valence-corrected chi connectivity index (χ2v) is 5.00. The lowest BCUT2D eigenvalue weighted by Crippen LogP contribution is -2.41. The zero-order valence-electron chi connectivity index (χ0n) is 11.1. The fourth-order valence-corrected chi connectivity index (χ4v) is 1.28. The lowest BCUT2D eigenvalue weighted by atomic mass is 10.1. The minimum absolute atomic E-state index is 0.113. The van der Waals surface area contributed by atoms with Crippen LogP contribution in [-0.4, -0.2) is 11.4 Å². The summed E-state index contributed by atoms with van der Waals surface area (Å²) in [5.41, 5.74) is -0.345. The molecule has 0 aliphatic heterocycles. The van der Waals surface area contributed by atoms with Crippen LogP contribution in [0, 0.1) is 17.1 Å². The van der Waals surface area contributed by atoms with Crippen LogP contribution in [0.1, 0.15) is 20.8 Å². The van der Waals surface area contributed by atoms with E-state index in [-0.39, 0.29) is 11.3 Å². The third-order valence-electron chi connectivity index (χ3n) is 2.10. The molecule has 0 fully saturated rings. The largest absolute Gasteiger partial charge is 0.358 e. The number of rotatable bonds is 3. The van der Waals surface area contributed by atoms with Gasteiger partial charge in [-0.15, -0.1) is 0 Å². The molecule has 100 valence electrons. The fourth-order valence-electron chi connectivity index (χ4n) is 1.28. The molecule has 19 heavy (non-hydrogen) atoms. The Morgan fingerprint density at radius 2 is 2.00 bits per heavy atom. The monoisotopic (exact) mass is 261 g/mol. The van der Waals surface area contributed by atoms with Gasteiger partial charge in [-0.2, -0.15) is 5.26 Å². The summed E-state index contributed by atoms with van der Waals surface area (Å²) in [6.07, 6.45) is 1.19. The van der Waals surface area contributed by atoms with E-state index in [0.717, 1.165) is 0 Å². The number of amides is 1. The lowest BCUT2D eigenvalue weighted by Gasteiger charge is -2.20. The number of carbonyl (C=O) groups excluding carboxylic acids is 1. The minimum Gasteiger partial charge on any atom is -0.358 e. The second kappa shape index (κ2) is 6.01. The van der Waals surface area contributed by atoms with Crippen LogP contribution in [0.4, 0.5) is 10.1 Å². The van der Waals surface area contributed by atoms with Gasteiger partial charge in [0, 0.05) is 11.7 Å². The highest BCUT2D eigenvalue weighted by atomic mass is 19.1. The van der Waals surface area contributed by atoms with Gasteiger partial charge in [0.15, 0.2) is 0 Å². The van der Waals surface area contributed by atoms with Gasteiger partial charge in [-0.05, 0) is 32.9 Å². The number of anilines is 1. The summed E-state index contributed by atoms with van der Waals surface area (Å²) in [7, 11) is 0. The van der Waals surface area contributed by atoms with Crippen molar-refractivity contribution in [1.29, 1.82) is 5.26 Å². The normalized spacial score (nSPS) is 11.6. The van der Waals surface area contributed by atoms with Crippen LogP contribution in [0.2, 0.25) is 0 Å². The van der Waals surface area contributed by atoms with E-state index < -0.39 is 17.3 Å². The molecule has 0 aromatic heterocycles. The zero-order valence-corrected chi connectivity index (χ0v) is 11.1. The Morgan fingerprint density at radius 3 is 2.53 bits per heavy atom. The van der Waals surface area contributed by atoms with E-state index in [1.165, 1.54) is 18.3 Å². The van der Waals surface area contributed by atoms with E-state index in [1.807, 2.05) is 20.8 Å². The third kappa shape index (κ3) is 4.80. The van der Waals surface area contributed by atoms with Crippen molar-refractivity contribution in [3.63, 3.8) is 0 Å². The number of benzene rings is 1. The van der Waals surface area contributed by atoms with E-state index in [0.29, 0.717) is 0 Å². The molecule has 0 radical (unpaired) electrons. The van der Waals surface area contributed by atoms with Crippen molar-refractivity contribution in [2.24, 2.45) is 0 Å². The summed E-state index contributed by atoms with van der Waals surface area (Å²) in [5, 5.41) is 14.2. The van der Waals surface area contributed by atoms with Gasteiger partial charge in [-0.25, -0.2) is 4.39 Å². The molecule has 0 saturated heterocycles. The molecule has 0 atom stereocenters. The molecule has 1 amide bonds. The van der Waals surface area contributed by atoms with Crippen LogP contribution in [-0.2, 0) is 4.79 Å². The highest BCUT2D eigenvalue weighted by molar-refractivity contribution is 5.97. The molecule has 1 rings (SSSR count). The molecule has 4 nitrogen and oxygen atoms in total. The average molecular weight is 261 g/mol. The van der Waals surface area contributed by atoms with E-state index in [4.69, 9.17) is 5.26 Å². The number of para-hydroxylation sites is 1. The highest BCUT2D eigenvalue weighted by Gasteiger charge is 2.17.